The molecule has 0 atom stereocenters. The standard InChI is InChI=1S/C15H9ClF4O4.C14H7ClF4O4/c1-22-14(21)12-11(7-6-10(16)13(12)17)23-8-2-4-9(5-3-8)24-15(18,19)20;15-9-5-6-10(11(12(9)16)13(20)21)22-7-1-3-8(4-2-7)23-14(17,18)19/h2-7H,1H3;1-6H,(H,20,21). The summed E-state index contributed by atoms with van der Waals surface area (Å²) in [5, 5.41) is 8.29. The zero-order valence-electron chi connectivity index (χ0n) is 23.0. The molecule has 47 heavy (non-hydrogen) atoms. The number of alkyl halides is 6. The van der Waals surface area contributed by atoms with E-state index in [2.05, 4.69) is 14.2 Å². The van der Waals surface area contributed by atoms with E-state index in [-0.39, 0.29) is 28.0 Å². The van der Waals surface area contributed by atoms with Crippen molar-refractivity contribution in [2.24, 2.45) is 0 Å². The molecule has 0 spiro atoms. The number of carboxylic acid groups (broad SMARTS) is 1. The Morgan fingerprint density at radius 2 is 0.936 bits per heavy atom. The number of hydrogen-bond acceptors (Lipinski definition) is 7. The van der Waals surface area contributed by atoms with Crippen LogP contribution in [0.25, 0.3) is 0 Å². The number of hydrogen-bond donors (Lipinski definition) is 1. The van der Waals surface area contributed by atoms with Crippen LogP contribution in [-0.2, 0) is 4.74 Å². The van der Waals surface area contributed by atoms with Crippen LogP contribution in [0, 0.1) is 11.6 Å². The van der Waals surface area contributed by atoms with Crippen LogP contribution in [0.1, 0.15) is 20.7 Å². The Kier molecular flexibility index (Phi) is 11.7. The number of carboxylic acids is 1. The van der Waals surface area contributed by atoms with Gasteiger partial charge in [-0.25, -0.2) is 18.4 Å². The number of ether oxygens (including phenoxy) is 5. The molecular weight excluding hydrogens is 699 g/mol. The minimum Gasteiger partial charge on any atom is -0.477 e. The van der Waals surface area contributed by atoms with Gasteiger partial charge >= 0.3 is 24.7 Å². The van der Waals surface area contributed by atoms with E-state index >= 15 is 0 Å². The van der Waals surface area contributed by atoms with Crippen LogP contribution >= 0.6 is 23.2 Å². The molecule has 0 amide bonds. The second-order valence-corrected chi connectivity index (χ2v) is 9.32. The second kappa shape index (κ2) is 15.1. The Morgan fingerprint density at radius 3 is 1.28 bits per heavy atom. The quantitative estimate of drug-likeness (QED) is 0.142. The molecule has 0 heterocycles. The van der Waals surface area contributed by atoms with Crippen molar-refractivity contribution in [3.05, 3.63) is 106 Å². The van der Waals surface area contributed by atoms with Gasteiger partial charge in [-0.15, -0.1) is 26.3 Å². The molecule has 0 unspecified atom stereocenters. The molecule has 0 aliphatic heterocycles. The van der Waals surface area contributed by atoms with Crippen molar-refractivity contribution in [3.63, 3.8) is 0 Å². The van der Waals surface area contributed by atoms with Crippen LogP contribution in [0.4, 0.5) is 35.1 Å². The van der Waals surface area contributed by atoms with E-state index in [4.69, 9.17) is 37.8 Å². The van der Waals surface area contributed by atoms with Gasteiger partial charge in [0.1, 0.15) is 45.6 Å². The average molecular weight is 715 g/mol. The minimum absolute atomic E-state index is 0.0104. The highest BCUT2D eigenvalue weighted by molar-refractivity contribution is 6.31. The molecule has 0 aromatic heterocycles. The summed E-state index contributed by atoms with van der Waals surface area (Å²) in [6.07, 6.45) is -9.65. The molecule has 0 saturated heterocycles. The van der Waals surface area contributed by atoms with Crippen LogP contribution < -0.4 is 18.9 Å². The topological polar surface area (TPSA) is 101 Å². The highest BCUT2D eigenvalue weighted by Gasteiger charge is 2.32. The van der Waals surface area contributed by atoms with E-state index < -0.39 is 63.9 Å². The fraction of sp³-hybridized carbons (Fsp3) is 0.103. The van der Waals surface area contributed by atoms with Crippen molar-refractivity contribution < 1.29 is 73.5 Å². The zero-order chi connectivity index (χ0) is 35.1. The third-order valence-electron chi connectivity index (χ3n) is 5.29. The van der Waals surface area contributed by atoms with Crippen LogP contribution in [-0.4, -0.2) is 36.9 Å². The summed E-state index contributed by atoms with van der Waals surface area (Å²) < 4.78 is 122. The first-order chi connectivity index (χ1) is 21.9. The predicted octanol–water partition coefficient (Wildman–Crippen LogP) is 9.82. The Bertz CT molecular complexity index is 1730. The van der Waals surface area contributed by atoms with Crippen LogP contribution in [0.15, 0.2) is 72.8 Å². The third kappa shape index (κ3) is 10.5. The van der Waals surface area contributed by atoms with Crippen LogP contribution in [0.3, 0.4) is 0 Å². The van der Waals surface area contributed by atoms with Gasteiger partial charge < -0.3 is 28.8 Å². The zero-order valence-corrected chi connectivity index (χ0v) is 24.5. The van der Waals surface area contributed by atoms with Crippen molar-refractivity contribution in [1.82, 2.24) is 0 Å². The highest BCUT2D eigenvalue weighted by atomic mass is 35.5. The van der Waals surface area contributed by atoms with Gasteiger partial charge in [-0.2, -0.15) is 0 Å². The third-order valence-corrected chi connectivity index (χ3v) is 5.87. The number of carbonyl (C=O) groups is 2. The van der Waals surface area contributed by atoms with E-state index in [9.17, 15) is 44.7 Å². The van der Waals surface area contributed by atoms with Gasteiger partial charge in [-0.3, -0.25) is 0 Å². The number of methoxy groups -OCH3 is 1. The molecule has 0 radical (unpaired) electrons. The van der Waals surface area contributed by atoms with E-state index in [1.807, 2.05) is 0 Å². The summed E-state index contributed by atoms with van der Waals surface area (Å²) >= 11 is 11.1. The molecule has 8 nitrogen and oxygen atoms in total. The lowest BCUT2D eigenvalue weighted by Crippen LogP contribution is -2.16. The molecule has 4 aromatic carbocycles. The number of benzene rings is 4. The van der Waals surface area contributed by atoms with Crippen LogP contribution in [0.5, 0.6) is 34.5 Å². The summed E-state index contributed by atoms with van der Waals surface area (Å²) in [5.74, 6) is -6.25. The molecule has 0 saturated carbocycles. The molecule has 0 fully saturated rings. The summed E-state index contributed by atoms with van der Waals surface area (Å²) in [6.45, 7) is 0. The Balaban J connectivity index is 0.000000256. The predicted molar refractivity (Wildman–Crippen MR) is 148 cm³/mol. The summed E-state index contributed by atoms with van der Waals surface area (Å²) in [6, 6.07) is 13.1. The van der Waals surface area contributed by atoms with Gasteiger partial charge in [-0.1, -0.05) is 23.2 Å². The molecule has 0 aliphatic rings. The Hall–Kier alpha value is -4.96. The monoisotopic (exact) mass is 714 g/mol. The number of halogens is 10. The number of carbonyl (C=O) groups excluding carboxylic acids is 1. The number of rotatable bonds is 8. The first-order valence-corrected chi connectivity index (χ1v) is 13.0. The molecule has 0 aliphatic carbocycles. The Labute approximate surface area is 268 Å². The summed E-state index contributed by atoms with van der Waals surface area (Å²) in [5.41, 5.74) is -1.31. The maximum atomic E-state index is 14.0. The number of esters is 1. The fourth-order valence-electron chi connectivity index (χ4n) is 3.40. The smallest absolute Gasteiger partial charge is 0.477 e. The highest BCUT2D eigenvalue weighted by Crippen LogP contribution is 2.34. The lowest BCUT2D eigenvalue weighted by atomic mass is 10.2. The van der Waals surface area contributed by atoms with Crippen LogP contribution in [0.2, 0.25) is 10.0 Å². The lowest BCUT2D eigenvalue weighted by Gasteiger charge is -2.12. The molecule has 0 bridgehead atoms. The van der Waals surface area contributed by atoms with Gasteiger partial charge in [0.25, 0.3) is 0 Å². The molecule has 4 aromatic rings. The molecule has 4 rings (SSSR count). The molecule has 1 N–H and O–H groups in total. The minimum atomic E-state index is -4.84. The van der Waals surface area contributed by atoms with Gasteiger partial charge in [0.05, 0.1) is 17.2 Å². The largest absolute Gasteiger partial charge is 0.573 e. The first-order valence-electron chi connectivity index (χ1n) is 12.2. The van der Waals surface area contributed by atoms with Crippen molar-refractivity contribution in [3.8, 4) is 34.5 Å². The summed E-state index contributed by atoms with van der Waals surface area (Å²) in [7, 11) is 1.05. The second-order valence-electron chi connectivity index (χ2n) is 8.51. The fourth-order valence-corrected chi connectivity index (χ4v) is 3.72. The maximum Gasteiger partial charge on any atom is 0.573 e. The molecular formula is C29H16Cl2F8O8. The first kappa shape index (κ1) is 36.5. The average Bonchev–Trinajstić information content (AvgIpc) is 2.97. The maximum absolute atomic E-state index is 14.0. The summed E-state index contributed by atoms with van der Waals surface area (Å²) in [4.78, 5) is 22.7. The lowest BCUT2D eigenvalue weighted by molar-refractivity contribution is -0.275. The van der Waals surface area contributed by atoms with Gasteiger partial charge in [-0.05, 0) is 72.8 Å². The SMILES string of the molecule is COC(=O)c1c(Oc2ccc(OC(F)(F)F)cc2)ccc(Cl)c1F.O=C(O)c1c(Oc2ccc(OC(F)(F)F)cc2)ccc(Cl)c1F. The van der Waals surface area contributed by atoms with Gasteiger partial charge in [0.15, 0.2) is 11.6 Å². The van der Waals surface area contributed by atoms with E-state index in [0.717, 1.165) is 67.8 Å². The number of aromatic carboxylic acids is 1. The van der Waals surface area contributed by atoms with Gasteiger partial charge in [0.2, 0.25) is 0 Å². The van der Waals surface area contributed by atoms with E-state index in [1.54, 1.807) is 0 Å². The Morgan fingerprint density at radius 1 is 0.596 bits per heavy atom. The van der Waals surface area contributed by atoms with Crippen molar-refractivity contribution >= 4 is 35.1 Å². The van der Waals surface area contributed by atoms with Crippen molar-refractivity contribution in [2.45, 2.75) is 12.7 Å². The molecule has 250 valence electrons. The van der Waals surface area contributed by atoms with Gasteiger partial charge in [0, 0.05) is 0 Å². The van der Waals surface area contributed by atoms with Crippen molar-refractivity contribution in [1.29, 1.82) is 0 Å². The van der Waals surface area contributed by atoms with E-state index in [1.165, 1.54) is 12.1 Å². The molecule has 18 heteroatoms. The normalized spacial score (nSPS) is 11.1. The van der Waals surface area contributed by atoms with E-state index in [0.29, 0.717) is 0 Å². The van der Waals surface area contributed by atoms with Crippen molar-refractivity contribution in [2.75, 3.05) is 7.11 Å².